The minimum absolute atomic E-state index is 0. The van der Waals surface area contributed by atoms with E-state index in [1.165, 1.54) is 0 Å². The molecule has 0 atom stereocenters. The average Bonchev–Trinajstić information content (AvgIpc) is 2.32. The lowest BCUT2D eigenvalue weighted by Crippen LogP contribution is -2.66. The first-order valence-electron chi connectivity index (χ1n) is 7.10. The minimum Gasteiger partial charge on any atom is -0.383 e. The molecule has 0 aromatic heterocycles. The second-order valence-corrected chi connectivity index (χ2v) is 5.99. The van der Waals surface area contributed by atoms with Crippen LogP contribution in [0.5, 0.6) is 0 Å². The molecule has 0 aliphatic carbocycles. The Kier molecular flexibility index (Phi) is 8.53. The van der Waals surface area contributed by atoms with E-state index in [2.05, 4.69) is 38.0 Å². The van der Waals surface area contributed by atoms with Gasteiger partial charge < -0.3 is 19.9 Å². The number of nitrogens with zero attached hydrogens (tertiary/aromatic N) is 3. The van der Waals surface area contributed by atoms with Gasteiger partial charge in [0.05, 0.1) is 18.7 Å². The molecule has 1 saturated heterocycles. The number of carbonyl (C=O) groups is 1. The zero-order valence-corrected chi connectivity index (χ0v) is 16.3. The van der Waals surface area contributed by atoms with Crippen molar-refractivity contribution in [2.45, 2.75) is 39.3 Å². The maximum atomic E-state index is 12.4. The molecule has 0 aromatic carbocycles. The van der Waals surface area contributed by atoms with Gasteiger partial charge in [-0.15, -0.1) is 24.0 Å². The highest BCUT2D eigenvalue weighted by atomic mass is 127. The number of amides is 1. The first kappa shape index (κ1) is 20.4. The summed E-state index contributed by atoms with van der Waals surface area (Å²) < 4.78 is 5.02. The maximum Gasteiger partial charge on any atom is 0.242 e. The molecule has 124 valence electrons. The van der Waals surface area contributed by atoms with Crippen molar-refractivity contribution in [3.8, 4) is 0 Å². The number of methoxy groups -OCH3 is 1. The molecule has 0 spiro atoms. The van der Waals surface area contributed by atoms with Crippen molar-refractivity contribution in [1.82, 2.24) is 15.1 Å². The molecule has 6 nitrogen and oxygen atoms in total. The first-order valence-corrected chi connectivity index (χ1v) is 7.10. The summed E-state index contributed by atoms with van der Waals surface area (Å²) in [6.07, 6.45) is 0. The number of hydrogen-bond donors (Lipinski definition) is 1. The van der Waals surface area contributed by atoms with Gasteiger partial charge in [0.1, 0.15) is 0 Å². The van der Waals surface area contributed by atoms with E-state index < -0.39 is 0 Å². The summed E-state index contributed by atoms with van der Waals surface area (Å²) in [5, 5.41) is 3.22. The SMILES string of the molecule is CN=C(NCCOC)N1CC(=O)N(C(C)C)C(C)(C)C1.I. The predicted molar refractivity (Wildman–Crippen MR) is 96.3 cm³/mol. The predicted octanol–water partition coefficient (Wildman–Crippen LogP) is 1.16. The molecular formula is C14H29IN4O2. The third-order valence-corrected chi connectivity index (χ3v) is 3.44. The largest absolute Gasteiger partial charge is 0.383 e. The maximum absolute atomic E-state index is 12.4. The van der Waals surface area contributed by atoms with Gasteiger partial charge in [0, 0.05) is 33.3 Å². The van der Waals surface area contributed by atoms with Crippen molar-refractivity contribution < 1.29 is 9.53 Å². The summed E-state index contributed by atoms with van der Waals surface area (Å²) in [7, 11) is 3.40. The highest BCUT2D eigenvalue weighted by Crippen LogP contribution is 2.24. The number of ether oxygens (including phenoxy) is 1. The zero-order chi connectivity index (χ0) is 15.3. The van der Waals surface area contributed by atoms with Crippen molar-refractivity contribution in [2.24, 2.45) is 4.99 Å². The van der Waals surface area contributed by atoms with Crippen LogP contribution in [0.2, 0.25) is 0 Å². The van der Waals surface area contributed by atoms with Crippen LogP contribution in [0.1, 0.15) is 27.7 Å². The summed E-state index contributed by atoms with van der Waals surface area (Å²) >= 11 is 0. The van der Waals surface area contributed by atoms with Gasteiger partial charge in [-0.2, -0.15) is 0 Å². The molecule has 0 radical (unpaired) electrons. The Morgan fingerprint density at radius 2 is 2.10 bits per heavy atom. The molecule has 0 unspecified atom stereocenters. The molecule has 1 aliphatic heterocycles. The summed E-state index contributed by atoms with van der Waals surface area (Å²) in [5.74, 6) is 0.901. The molecule has 0 bridgehead atoms. The van der Waals surface area contributed by atoms with Gasteiger partial charge in [-0.1, -0.05) is 0 Å². The number of guanidine groups is 1. The number of piperazine rings is 1. The minimum atomic E-state index is -0.206. The van der Waals surface area contributed by atoms with Crippen molar-refractivity contribution in [2.75, 3.05) is 40.4 Å². The smallest absolute Gasteiger partial charge is 0.242 e. The molecule has 1 heterocycles. The van der Waals surface area contributed by atoms with Crippen molar-refractivity contribution in [3.63, 3.8) is 0 Å². The summed E-state index contributed by atoms with van der Waals surface area (Å²) in [5.41, 5.74) is -0.206. The third kappa shape index (κ3) is 5.28. The molecule has 1 amide bonds. The van der Waals surface area contributed by atoms with Gasteiger partial charge in [-0.25, -0.2) is 0 Å². The Bertz CT molecular complexity index is 372. The number of aliphatic imine (C=N–C) groups is 1. The van der Waals surface area contributed by atoms with Crippen LogP contribution in [-0.4, -0.2) is 73.6 Å². The van der Waals surface area contributed by atoms with Crippen LogP contribution in [0.3, 0.4) is 0 Å². The molecule has 21 heavy (non-hydrogen) atoms. The lowest BCUT2D eigenvalue weighted by molar-refractivity contribution is -0.145. The normalized spacial score (nSPS) is 18.8. The van der Waals surface area contributed by atoms with Gasteiger partial charge in [0.15, 0.2) is 5.96 Å². The average molecular weight is 412 g/mol. The van der Waals surface area contributed by atoms with Crippen LogP contribution in [0.25, 0.3) is 0 Å². The van der Waals surface area contributed by atoms with Crippen LogP contribution >= 0.6 is 24.0 Å². The fourth-order valence-corrected chi connectivity index (χ4v) is 2.91. The molecular weight excluding hydrogens is 383 g/mol. The molecule has 1 aliphatic rings. The topological polar surface area (TPSA) is 57.2 Å². The van der Waals surface area contributed by atoms with Gasteiger partial charge in [0.25, 0.3) is 0 Å². The highest BCUT2D eigenvalue weighted by molar-refractivity contribution is 14.0. The quantitative estimate of drug-likeness (QED) is 0.326. The van der Waals surface area contributed by atoms with Gasteiger partial charge >= 0.3 is 0 Å². The number of rotatable bonds is 4. The molecule has 1 N–H and O–H groups in total. The van der Waals surface area contributed by atoms with Crippen LogP contribution in [0.4, 0.5) is 0 Å². The van der Waals surface area contributed by atoms with E-state index in [-0.39, 0.29) is 41.5 Å². The van der Waals surface area contributed by atoms with E-state index in [0.29, 0.717) is 19.7 Å². The Hall–Kier alpha value is -0.570. The van der Waals surface area contributed by atoms with Gasteiger partial charge in [-0.3, -0.25) is 9.79 Å². The summed E-state index contributed by atoms with van der Waals surface area (Å²) in [6, 6.07) is 0.211. The van der Waals surface area contributed by atoms with Crippen LogP contribution in [-0.2, 0) is 9.53 Å². The molecule has 1 fully saturated rings. The van der Waals surface area contributed by atoms with Gasteiger partial charge in [0.2, 0.25) is 5.91 Å². The summed E-state index contributed by atoms with van der Waals surface area (Å²) in [4.78, 5) is 20.6. The van der Waals surface area contributed by atoms with E-state index in [0.717, 1.165) is 12.5 Å². The fourth-order valence-electron chi connectivity index (χ4n) is 2.91. The van der Waals surface area contributed by atoms with Crippen LogP contribution in [0.15, 0.2) is 4.99 Å². The van der Waals surface area contributed by atoms with E-state index in [4.69, 9.17) is 4.74 Å². The molecule has 7 heteroatoms. The number of hydrogen-bond acceptors (Lipinski definition) is 3. The highest BCUT2D eigenvalue weighted by Gasteiger charge is 2.40. The Labute approximate surface area is 145 Å². The number of nitrogens with one attached hydrogen (secondary N) is 1. The molecule has 1 rings (SSSR count). The number of carbonyl (C=O) groups excluding carboxylic acids is 1. The monoisotopic (exact) mass is 412 g/mol. The number of halogens is 1. The Morgan fingerprint density at radius 1 is 1.48 bits per heavy atom. The lowest BCUT2D eigenvalue weighted by Gasteiger charge is -2.49. The van der Waals surface area contributed by atoms with E-state index in [1.54, 1.807) is 14.2 Å². The van der Waals surface area contributed by atoms with E-state index >= 15 is 0 Å². The fraction of sp³-hybridized carbons (Fsp3) is 0.857. The van der Waals surface area contributed by atoms with Crippen molar-refractivity contribution in [3.05, 3.63) is 0 Å². The second kappa shape index (κ2) is 8.77. The zero-order valence-electron chi connectivity index (χ0n) is 14.0. The Morgan fingerprint density at radius 3 is 2.52 bits per heavy atom. The van der Waals surface area contributed by atoms with Gasteiger partial charge in [-0.05, 0) is 27.7 Å². The van der Waals surface area contributed by atoms with E-state index in [1.807, 2.05) is 9.80 Å². The lowest BCUT2D eigenvalue weighted by atomic mass is 9.96. The second-order valence-electron chi connectivity index (χ2n) is 5.99. The van der Waals surface area contributed by atoms with Crippen molar-refractivity contribution in [1.29, 1.82) is 0 Å². The standard InChI is InChI=1S/C14H28N4O2.HI/c1-11(2)18-12(19)9-17(10-14(18,3)4)13(15-5)16-7-8-20-6;/h11H,7-10H2,1-6H3,(H,15,16);1H. The molecule has 0 saturated carbocycles. The third-order valence-electron chi connectivity index (χ3n) is 3.44. The van der Waals surface area contributed by atoms with Crippen LogP contribution < -0.4 is 5.32 Å². The first-order chi connectivity index (χ1) is 9.33. The summed E-state index contributed by atoms with van der Waals surface area (Å²) in [6.45, 7) is 10.7. The van der Waals surface area contributed by atoms with Crippen LogP contribution in [0, 0.1) is 0 Å². The molecule has 0 aromatic rings. The van der Waals surface area contributed by atoms with E-state index in [9.17, 15) is 4.79 Å². The Balaban J connectivity index is 0.00000400. The van der Waals surface area contributed by atoms with Crippen molar-refractivity contribution >= 4 is 35.8 Å².